The number of halogens is 2. The van der Waals surface area contributed by atoms with Crippen molar-refractivity contribution in [3.8, 4) is 5.75 Å². The molecule has 2 rings (SSSR count). The Morgan fingerprint density at radius 2 is 2.00 bits per heavy atom. The summed E-state index contributed by atoms with van der Waals surface area (Å²) in [6.45, 7) is 1.62. The van der Waals surface area contributed by atoms with Gasteiger partial charge in [0.25, 0.3) is 5.91 Å². The largest absolute Gasteiger partial charge is 0.507 e. The minimum Gasteiger partial charge on any atom is -0.507 e. The van der Waals surface area contributed by atoms with Crippen LogP contribution < -0.4 is 11.1 Å². The molecule has 4 nitrogen and oxygen atoms in total. The number of benzene rings is 2. The first kappa shape index (κ1) is 13.8. The van der Waals surface area contributed by atoms with Crippen molar-refractivity contribution in [3.63, 3.8) is 0 Å². The van der Waals surface area contributed by atoms with Crippen molar-refractivity contribution in [2.45, 2.75) is 6.92 Å². The first-order valence-electron chi connectivity index (χ1n) is 5.74. The van der Waals surface area contributed by atoms with Gasteiger partial charge in [-0.1, -0.05) is 12.1 Å². The molecule has 0 fully saturated rings. The molecule has 6 heteroatoms. The molecule has 2 aromatic rings. The maximum absolute atomic E-state index is 13.6. The molecule has 0 radical (unpaired) electrons. The van der Waals surface area contributed by atoms with E-state index in [1.807, 2.05) is 0 Å². The first-order chi connectivity index (χ1) is 9.40. The van der Waals surface area contributed by atoms with E-state index in [4.69, 9.17) is 5.73 Å². The van der Waals surface area contributed by atoms with Gasteiger partial charge >= 0.3 is 0 Å². The van der Waals surface area contributed by atoms with E-state index in [-0.39, 0.29) is 22.7 Å². The molecule has 20 heavy (non-hydrogen) atoms. The molecule has 0 aromatic heterocycles. The lowest BCUT2D eigenvalue weighted by Crippen LogP contribution is -2.15. The Kier molecular flexibility index (Phi) is 3.56. The number of nitrogens with two attached hydrogens (primary N) is 1. The summed E-state index contributed by atoms with van der Waals surface area (Å²) in [6, 6.07) is 6.10. The monoisotopic (exact) mass is 278 g/mol. The quantitative estimate of drug-likeness (QED) is 0.739. The standard InChI is InChI=1S/C14H12F2N2O2/c1-7-3-2-4-9(13(7)19)14(20)18-12-10(16)5-8(15)6-11(12)17/h2-6,19H,17H2,1H3,(H,18,20). The van der Waals surface area contributed by atoms with E-state index in [2.05, 4.69) is 5.32 Å². The van der Waals surface area contributed by atoms with Gasteiger partial charge in [0.1, 0.15) is 17.3 Å². The van der Waals surface area contributed by atoms with Gasteiger partial charge in [-0.15, -0.1) is 0 Å². The fraction of sp³-hybridized carbons (Fsp3) is 0.0714. The third kappa shape index (κ3) is 2.54. The van der Waals surface area contributed by atoms with Crippen molar-refractivity contribution in [1.29, 1.82) is 0 Å². The number of nitrogens with one attached hydrogen (secondary N) is 1. The molecule has 0 saturated carbocycles. The zero-order valence-electron chi connectivity index (χ0n) is 10.6. The number of carbonyl (C=O) groups excluding carboxylic acids is 1. The third-order valence-corrected chi connectivity index (χ3v) is 2.81. The van der Waals surface area contributed by atoms with Crippen LogP contribution in [0.5, 0.6) is 5.75 Å². The van der Waals surface area contributed by atoms with E-state index in [0.29, 0.717) is 11.6 Å². The molecule has 0 spiro atoms. The van der Waals surface area contributed by atoms with Crippen LogP contribution in [0.2, 0.25) is 0 Å². The maximum Gasteiger partial charge on any atom is 0.259 e. The first-order valence-corrected chi connectivity index (χ1v) is 5.74. The van der Waals surface area contributed by atoms with Crippen molar-refractivity contribution in [2.24, 2.45) is 0 Å². The van der Waals surface area contributed by atoms with Gasteiger partial charge in [0.05, 0.1) is 11.3 Å². The number of carbonyl (C=O) groups is 1. The topological polar surface area (TPSA) is 75.4 Å². The van der Waals surface area contributed by atoms with Crippen LogP contribution in [0.4, 0.5) is 20.2 Å². The van der Waals surface area contributed by atoms with Crippen molar-refractivity contribution < 1.29 is 18.7 Å². The molecule has 0 atom stereocenters. The number of amides is 1. The van der Waals surface area contributed by atoms with Gasteiger partial charge in [-0.2, -0.15) is 0 Å². The van der Waals surface area contributed by atoms with E-state index >= 15 is 0 Å². The summed E-state index contributed by atoms with van der Waals surface area (Å²) in [7, 11) is 0. The Labute approximate surface area is 113 Å². The van der Waals surface area contributed by atoms with Gasteiger partial charge in [-0.05, 0) is 24.6 Å². The summed E-state index contributed by atoms with van der Waals surface area (Å²) in [6.07, 6.45) is 0. The lowest BCUT2D eigenvalue weighted by atomic mass is 10.1. The predicted octanol–water partition coefficient (Wildman–Crippen LogP) is 2.81. The highest BCUT2D eigenvalue weighted by molar-refractivity contribution is 6.07. The van der Waals surface area contributed by atoms with Crippen molar-refractivity contribution in [1.82, 2.24) is 0 Å². The third-order valence-electron chi connectivity index (χ3n) is 2.81. The molecule has 0 unspecified atom stereocenters. The molecule has 104 valence electrons. The Bertz CT molecular complexity index is 664. The molecule has 0 heterocycles. The summed E-state index contributed by atoms with van der Waals surface area (Å²) >= 11 is 0. The number of hydrogen-bond acceptors (Lipinski definition) is 3. The molecule has 0 aliphatic heterocycles. The second kappa shape index (κ2) is 5.16. The number of para-hydroxylation sites is 1. The smallest absolute Gasteiger partial charge is 0.259 e. The molecule has 0 aliphatic rings. The predicted molar refractivity (Wildman–Crippen MR) is 71.6 cm³/mol. The van der Waals surface area contributed by atoms with Crippen LogP contribution >= 0.6 is 0 Å². The van der Waals surface area contributed by atoms with Gasteiger partial charge in [0.2, 0.25) is 0 Å². The van der Waals surface area contributed by atoms with Crippen LogP contribution in [0.3, 0.4) is 0 Å². The zero-order valence-corrected chi connectivity index (χ0v) is 10.6. The average molecular weight is 278 g/mol. The van der Waals surface area contributed by atoms with E-state index in [1.54, 1.807) is 19.1 Å². The van der Waals surface area contributed by atoms with Crippen molar-refractivity contribution >= 4 is 17.3 Å². The summed E-state index contributed by atoms with van der Waals surface area (Å²) in [5.41, 5.74) is 5.39. The summed E-state index contributed by atoms with van der Waals surface area (Å²) in [5, 5.41) is 12.0. The highest BCUT2D eigenvalue weighted by Gasteiger charge is 2.16. The van der Waals surface area contributed by atoms with Crippen LogP contribution in [0.15, 0.2) is 30.3 Å². The average Bonchev–Trinajstić information content (AvgIpc) is 2.36. The molecular weight excluding hydrogens is 266 g/mol. The van der Waals surface area contributed by atoms with Gasteiger partial charge in [0, 0.05) is 6.07 Å². The maximum atomic E-state index is 13.6. The van der Waals surface area contributed by atoms with Gasteiger partial charge in [0.15, 0.2) is 5.82 Å². The van der Waals surface area contributed by atoms with Crippen LogP contribution in [-0.4, -0.2) is 11.0 Å². The molecule has 0 saturated heterocycles. The van der Waals surface area contributed by atoms with Crippen LogP contribution in [0, 0.1) is 18.6 Å². The van der Waals surface area contributed by atoms with E-state index < -0.39 is 17.5 Å². The number of phenolic OH excluding ortho intramolecular Hbond substituents is 1. The Morgan fingerprint density at radius 3 is 2.65 bits per heavy atom. The molecule has 1 amide bonds. The van der Waals surface area contributed by atoms with Crippen LogP contribution in [0.25, 0.3) is 0 Å². The minimum absolute atomic E-state index is 0.0203. The molecular formula is C14H12F2N2O2. The second-order valence-corrected chi connectivity index (χ2v) is 4.28. The highest BCUT2D eigenvalue weighted by Crippen LogP contribution is 2.27. The lowest BCUT2D eigenvalue weighted by Gasteiger charge is -2.11. The van der Waals surface area contributed by atoms with Gasteiger partial charge in [-0.25, -0.2) is 8.78 Å². The van der Waals surface area contributed by atoms with E-state index in [1.165, 1.54) is 6.07 Å². The number of hydrogen-bond donors (Lipinski definition) is 3. The molecule has 4 N–H and O–H groups in total. The Balaban J connectivity index is 2.36. The van der Waals surface area contributed by atoms with E-state index in [0.717, 1.165) is 6.07 Å². The van der Waals surface area contributed by atoms with Gasteiger partial charge < -0.3 is 16.2 Å². The summed E-state index contributed by atoms with van der Waals surface area (Å²) < 4.78 is 26.5. The van der Waals surface area contributed by atoms with Crippen LogP contribution in [0.1, 0.15) is 15.9 Å². The fourth-order valence-electron chi connectivity index (χ4n) is 1.75. The minimum atomic E-state index is -0.983. The summed E-state index contributed by atoms with van der Waals surface area (Å²) in [4.78, 5) is 12.0. The van der Waals surface area contributed by atoms with Crippen molar-refractivity contribution in [2.75, 3.05) is 11.1 Å². The summed E-state index contributed by atoms with van der Waals surface area (Å²) in [5.74, 6) is -2.76. The van der Waals surface area contributed by atoms with Crippen molar-refractivity contribution in [3.05, 3.63) is 53.1 Å². The number of phenols is 1. The lowest BCUT2D eigenvalue weighted by molar-refractivity contribution is 0.102. The SMILES string of the molecule is Cc1cccc(C(=O)Nc2c(N)cc(F)cc2F)c1O. The normalized spacial score (nSPS) is 10.3. The molecule has 0 bridgehead atoms. The Hall–Kier alpha value is -2.63. The number of anilines is 2. The molecule has 2 aromatic carbocycles. The number of aromatic hydroxyl groups is 1. The number of rotatable bonds is 2. The van der Waals surface area contributed by atoms with E-state index in [9.17, 15) is 18.7 Å². The Morgan fingerprint density at radius 1 is 1.30 bits per heavy atom. The number of aryl methyl sites for hydroxylation is 1. The number of nitrogen functional groups attached to an aromatic ring is 1. The fourth-order valence-corrected chi connectivity index (χ4v) is 1.75. The zero-order chi connectivity index (χ0) is 14.9. The second-order valence-electron chi connectivity index (χ2n) is 4.28. The van der Waals surface area contributed by atoms with Gasteiger partial charge in [-0.3, -0.25) is 4.79 Å². The highest BCUT2D eigenvalue weighted by atomic mass is 19.1. The molecule has 0 aliphatic carbocycles. The van der Waals surface area contributed by atoms with Crippen LogP contribution in [-0.2, 0) is 0 Å².